The van der Waals surface area contributed by atoms with Crippen molar-refractivity contribution in [2.45, 2.75) is 6.92 Å². The van der Waals surface area contributed by atoms with Crippen LogP contribution < -0.4 is 10.2 Å². The van der Waals surface area contributed by atoms with Crippen LogP contribution >= 0.6 is 0 Å². The molecule has 0 radical (unpaired) electrons. The van der Waals surface area contributed by atoms with E-state index in [0.717, 1.165) is 0 Å². The molecule has 0 atom stereocenters. The summed E-state index contributed by atoms with van der Waals surface area (Å²) < 4.78 is 10.5. The molecule has 108 valence electrons. The van der Waals surface area contributed by atoms with E-state index in [2.05, 4.69) is 17.1 Å². The minimum atomic E-state index is -0.295. The van der Waals surface area contributed by atoms with Crippen molar-refractivity contribution < 1.29 is 13.9 Å². The molecule has 1 heterocycles. The van der Waals surface area contributed by atoms with Crippen LogP contribution in [0.15, 0.2) is 64.8 Å². The van der Waals surface area contributed by atoms with Gasteiger partial charge in [-0.25, -0.2) is 5.43 Å². The standard InChI is InChI=1S/C16H16N2O3/c1-3-10-20-14-8-6-13(7-9-14)16(19)18-17-12(2)15-5-4-11-21-15/h3-9,11H,1,10H2,2H3,(H,18,19)/b17-12+. The maximum absolute atomic E-state index is 11.9. The van der Waals surface area contributed by atoms with Crippen LogP contribution in [-0.2, 0) is 0 Å². The highest BCUT2D eigenvalue weighted by atomic mass is 16.5. The summed E-state index contributed by atoms with van der Waals surface area (Å²) in [6.07, 6.45) is 3.21. The molecule has 0 unspecified atom stereocenters. The number of hydrogen-bond donors (Lipinski definition) is 1. The van der Waals surface area contributed by atoms with Crippen LogP contribution in [0.1, 0.15) is 23.0 Å². The maximum Gasteiger partial charge on any atom is 0.271 e. The monoisotopic (exact) mass is 284 g/mol. The fourth-order valence-electron chi connectivity index (χ4n) is 1.60. The summed E-state index contributed by atoms with van der Waals surface area (Å²) in [4.78, 5) is 11.9. The summed E-state index contributed by atoms with van der Waals surface area (Å²) in [6.45, 7) is 5.76. The second kappa shape index (κ2) is 7.09. The molecule has 5 nitrogen and oxygen atoms in total. The average molecular weight is 284 g/mol. The minimum absolute atomic E-state index is 0.295. The van der Waals surface area contributed by atoms with Crippen molar-refractivity contribution in [1.82, 2.24) is 5.43 Å². The molecule has 1 aromatic carbocycles. The fourth-order valence-corrected chi connectivity index (χ4v) is 1.60. The summed E-state index contributed by atoms with van der Waals surface area (Å²) >= 11 is 0. The minimum Gasteiger partial charge on any atom is -0.490 e. The predicted octanol–water partition coefficient (Wildman–Crippen LogP) is 3.00. The highest BCUT2D eigenvalue weighted by molar-refractivity contribution is 5.99. The molecule has 0 aliphatic rings. The number of carbonyl (C=O) groups excluding carboxylic acids is 1. The number of carbonyl (C=O) groups is 1. The number of rotatable bonds is 6. The summed E-state index contributed by atoms with van der Waals surface area (Å²) in [6, 6.07) is 10.3. The number of ether oxygens (including phenoxy) is 1. The van der Waals surface area contributed by atoms with E-state index in [-0.39, 0.29) is 5.91 Å². The number of furan rings is 1. The molecule has 0 bridgehead atoms. The lowest BCUT2D eigenvalue weighted by Crippen LogP contribution is -2.19. The zero-order valence-corrected chi connectivity index (χ0v) is 11.7. The molecule has 21 heavy (non-hydrogen) atoms. The number of hydrazone groups is 1. The Bertz CT molecular complexity index is 628. The highest BCUT2D eigenvalue weighted by Gasteiger charge is 2.06. The van der Waals surface area contributed by atoms with E-state index in [4.69, 9.17) is 9.15 Å². The summed E-state index contributed by atoms with van der Waals surface area (Å²) in [5.74, 6) is 1.00. The van der Waals surface area contributed by atoms with Gasteiger partial charge in [0.1, 0.15) is 23.8 Å². The van der Waals surface area contributed by atoms with Crippen LogP contribution in [-0.4, -0.2) is 18.2 Å². The maximum atomic E-state index is 11.9. The molecule has 2 rings (SSSR count). The Morgan fingerprint density at radius 1 is 1.38 bits per heavy atom. The van der Waals surface area contributed by atoms with Gasteiger partial charge in [0, 0.05) is 5.56 Å². The van der Waals surface area contributed by atoms with Crippen LogP contribution in [0.2, 0.25) is 0 Å². The van der Waals surface area contributed by atoms with Gasteiger partial charge in [-0.2, -0.15) is 5.10 Å². The third-order valence-corrected chi connectivity index (χ3v) is 2.69. The molecule has 0 saturated heterocycles. The smallest absolute Gasteiger partial charge is 0.271 e. The van der Waals surface area contributed by atoms with E-state index in [0.29, 0.717) is 29.4 Å². The Kier molecular flexibility index (Phi) is 4.93. The third-order valence-electron chi connectivity index (χ3n) is 2.69. The lowest BCUT2D eigenvalue weighted by atomic mass is 10.2. The molecule has 0 fully saturated rings. The summed E-state index contributed by atoms with van der Waals surface area (Å²) in [7, 11) is 0. The lowest BCUT2D eigenvalue weighted by Gasteiger charge is -2.04. The molecular weight excluding hydrogens is 268 g/mol. The third kappa shape index (κ3) is 4.07. The van der Waals surface area contributed by atoms with Gasteiger partial charge in [-0.05, 0) is 43.3 Å². The van der Waals surface area contributed by atoms with Crippen molar-refractivity contribution in [3.8, 4) is 5.75 Å². The van der Waals surface area contributed by atoms with Gasteiger partial charge >= 0.3 is 0 Å². The van der Waals surface area contributed by atoms with Gasteiger partial charge < -0.3 is 9.15 Å². The van der Waals surface area contributed by atoms with Crippen molar-refractivity contribution in [1.29, 1.82) is 0 Å². The predicted molar refractivity (Wildman–Crippen MR) is 80.5 cm³/mol. The van der Waals surface area contributed by atoms with Crippen molar-refractivity contribution in [3.63, 3.8) is 0 Å². The van der Waals surface area contributed by atoms with Crippen molar-refractivity contribution in [2.24, 2.45) is 5.10 Å². The van der Waals surface area contributed by atoms with Crippen LogP contribution in [0.5, 0.6) is 5.75 Å². The fraction of sp³-hybridized carbons (Fsp3) is 0.125. The van der Waals surface area contributed by atoms with Gasteiger partial charge in [0.25, 0.3) is 5.91 Å². The molecule has 1 N–H and O–H groups in total. The van der Waals surface area contributed by atoms with Crippen molar-refractivity contribution >= 4 is 11.6 Å². The Morgan fingerprint density at radius 2 is 2.14 bits per heavy atom. The van der Waals surface area contributed by atoms with E-state index >= 15 is 0 Å². The first-order chi connectivity index (χ1) is 10.2. The van der Waals surface area contributed by atoms with E-state index in [9.17, 15) is 4.79 Å². The van der Waals surface area contributed by atoms with Crippen LogP contribution in [0.25, 0.3) is 0 Å². The van der Waals surface area contributed by atoms with Crippen LogP contribution in [0.3, 0.4) is 0 Å². The second-order valence-corrected chi connectivity index (χ2v) is 4.24. The molecular formula is C16H16N2O3. The number of nitrogens with zero attached hydrogens (tertiary/aromatic N) is 1. The molecule has 0 aliphatic heterocycles. The zero-order valence-electron chi connectivity index (χ0n) is 11.7. The number of benzene rings is 1. The van der Waals surface area contributed by atoms with Gasteiger partial charge in [-0.15, -0.1) is 0 Å². The van der Waals surface area contributed by atoms with E-state index < -0.39 is 0 Å². The Morgan fingerprint density at radius 3 is 2.76 bits per heavy atom. The van der Waals surface area contributed by atoms with Crippen LogP contribution in [0, 0.1) is 0 Å². The first-order valence-corrected chi connectivity index (χ1v) is 6.43. The molecule has 0 spiro atoms. The molecule has 1 aromatic heterocycles. The van der Waals surface area contributed by atoms with E-state index in [1.807, 2.05) is 0 Å². The average Bonchev–Trinajstić information content (AvgIpc) is 3.05. The van der Waals surface area contributed by atoms with Crippen LogP contribution in [0.4, 0.5) is 0 Å². The van der Waals surface area contributed by atoms with E-state index in [1.54, 1.807) is 55.7 Å². The van der Waals surface area contributed by atoms with Gasteiger partial charge in [0.2, 0.25) is 0 Å². The molecule has 1 amide bonds. The van der Waals surface area contributed by atoms with Gasteiger partial charge in [-0.1, -0.05) is 12.7 Å². The quantitative estimate of drug-likeness (QED) is 0.504. The summed E-state index contributed by atoms with van der Waals surface area (Å²) in [5.41, 5.74) is 3.58. The van der Waals surface area contributed by atoms with Crippen molar-refractivity contribution in [2.75, 3.05) is 6.61 Å². The first kappa shape index (κ1) is 14.6. The Labute approximate surface area is 122 Å². The second-order valence-electron chi connectivity index (χ2n) is 4.24. The van der Waals surface area contributed by atoms with Gasteiger partial charge in [0.15, 0.2) is 0 Å². The summed E-state index contributed by atoms with van der Waals surface area (Å²) in [5, 5.41) is 3.99. The molecule has 0 aliphatic carbocycles. The molecule has 2 aromatic rings. The normalized spacial score (nSPS) is 11.0. The number of nitrogens with one attached hydrogen (secondary N) is 1. The first-order valence-electron chi connectivity index (χ1n) is 6.43. The van der Waals surface area contributed by atoms with Gasteiger partial charge in [-0.3, -0.25) is 4.79 Å². The SMILES string of the molecule is C=CCOc1ccc(C(=O)N/N=C(\C)c2ccco2)cc1. The lowest BCUT2D eigenvalue weighted by molar-refractivity contribution is 0.0955. The molecule has 0 saturated carbocycles. The highest BCUT2D eigenvalue weighted by Crippen LogP contribution is 2.12. The topological polar surface area (TPSA) is 63.8 Å². The Balaban J connectivity index is 1.97. The zero-order chi connectivity index (χ0) is 15.1. The number of hydrogen-bond acceptors (Lipinski definition) is 4. The van der Waals surface area contributed by atoms with Gasteiger partial charge in [0.05, 0.1) is 6.26 Å². The van der Waals surface area contributed by atoms with Crippen molar-refractivity contribution in [3.05, 3.63) is 66.6 Å². The Hall–Kier alpha value is -2.82. The molecule has 5 heteroatoms. The largest absolute Gasteiger partial charge is 0.490 e. The number of amides is 1. The van der Waals surface area contributed by atoms with E-state index in [1.165, 1.54) is 0 Å².